The Kier molecular flexibility index (Phi) is 5.49. The molecule has 0 aromatic carbocycles. The SMILES string of the molecule is CCC(C)NC(=O)CN[C@H](C)c1cccs1. The number of rotatable bonds is 6. The molecule has 0 bridgehead atoms. The molecule has 4 heteroatoms. The Labute approximate surface area is 101 Å². The van der Waals surface area contributed by atoms with E-state index in [4.69, 9.17) is 0 Å². The minimum Gasteiger partial charge on any atom is -0.353 e. The maximum absolute atomic E-state index is 11.5. The van der Waals surface area contributed by atoms with Crippen molar-refractivity contribution in [2.24, 2.45) is 0 Å². The number of hydrogen-bond donors (Lipinski definition) is 2. The summed E-state index contributed by atoms with van der Waals surface area (Å²) in [5.41, 5.74) is 0. The van der Waals surface area contributed by atoms with Crippen LogP contribution in [0, 0.1) is 0 Å². The van der Waals surface area contributed by atoms with Crippen molar-refractivity contribution >= 4 is 17.2 Å². The standard InChI is InChI=1S/C12H20N2OS/c1-4-9(2)14-12(15)8-13-10(3)11-6-5-7-16-11/h5-7,9-10,13H,4,8H2,1-3H3,(H,14,15)/t9?,10-/m1/s1. The molecule has 0 spiro atoms. The van der Waals surface area contributed by atoms with Gasteiger partial charge in [-0.2, -0.15) is 0 Å². The van der Waals surface area contributed by atoms with Crippen molar-refractivity contribution in [1.82, 2.24) is 10.6 Å². The van der Waals surface area contributed by atoms with Gasteiger partial charge in [-0.25, -0.2) is 0 Å². The van der Waals surface area contributed by atoms with Crippen molar-refractivity contribution in [3.63, 3.8) is 0 Å². The van der Waals surface area contributed by atoms with Gasteiger partial charge in [0.05, 0.1) is 6.54 Å². The Bertz CT molecular complexity index is 311. The highest BCUT2D eigenvalue weighted by atomic mass is 32.1. The molecule has 1 amide bonds. The van der Waals surface area contributed by atoms with E-state index in [0.29, 0.717) is 6.54 Å². The summed E-state index contributed by atoms with van der Waals surface area (Å²) in [6.07, 6.45) is 0.965. The predicted molar refractivity (Wildman–Crippen MR) is 68.6 cm³/mol. The molecule has 90 valence electrons. The van der Waals surface area contributed by atoms with Crippen molar-refractivity contribution in [3.05, 3.63) is 22.4 Å². The Hall–Kier alpha value is -0.870. The molecule has 0 fully saturated rings. The Balaban J connectivity index is 2.26. The fourth-order valence-corrected chi connectivity index (χ4v) is 2.07. The summed E-state index contributed by atoms with van der Waals surface area (Å²) >= 11 is 1.71. The molecule has 0 saturated heterocycles. The smallest absolute Gasteiger partial charge is 0.234 e. The van der Waals surface area contributed by atoms with Crippen LogP contribution in [0.4, 0.5) is 0 Å². The van der Waals surface area contributed by atoms with Gasteiger partial charge in [0.2, 0.25) is 5.91 Å². The summed E-state index contributed by atoms with van der Waals surface area (Å²) in [4.78, 5) is 12.8. The van der Waals surface area contributed by atoms with Gasteiger partial charge in [-0.15, -0.1) is 11.3 Å². The van der Waals surface area contributed by atoms with Crippen LogP contribution in [-0.4, -0.2) is 18.5 Å². The summed E-state index contributed by atoms with van der Waals surface area (Å²) in [7, 11) is 0. The molecule has 1 rings (SSSR count). The average molecular weight is 240 g/mol. The van der Waals surface area contributed by atoms with E-state index >= 15 is 0 Å². The highest BCUT2D eigenvalue weighted by Gasteiger charge is 2.09. The summed E-state index contributed by atoms with van der Waals surface area (Å²) < 4.78 is 0. The Morgan fingerprint density at radius 1 is 1.50 bits per heavy atom. The highest BCUT2D eigenvalue weighted by molar-refractivity contribution is 7.10. The van der Waals surface area contributed by atoms with E-state index in [1.54, 1.807) is 11.3 Å². The molecule has 1 aromatic rings. The topological polar surface area (TPSA) is 41.1 Å². The van der Waals surface area contributed by atoms with Crippen LogP contribution in [0.1, 0.15) is 38.1 Å². The Morgan fingerprint density at radius 2 is 2.25 bits per heavy atom. The molecule has 0 aliphatic rings. The zero-order valence-corrected chi connectivity index (χ0v) is 10.9. The lowest BCUT2D eigenvalue weighted by molar-refractivity contribution is -0.120. The molecule has 1 heterocycles. The normalized spacial score (nSPS) is 14.4. The van der Waals surface area contributed by atoms with Crippen molar-refractivity contribution in [2.45, 2.75) is 39.3 Å². The first-order valence-corrected chi connectivity index (χ1v) is 6.57. The number of carbonyl (C=O) groups excluding carboxylic acids is 1. The van der Waals surface area contributed by atoms with Gasteiger partial charge >= 0.3 is 0 Å². The molecule has 3 nitrogen and oxygen atoms in total. The first-order chi connectivity index (χ1) is 7.63. The number of carbonyl (C=O) groups is 1. The van der Waals surface area contributed by atoms with Crippen LogP contribution >= 0.6 is 11.3 Å². The van der Waals surface area contributed by atoms with Crippen LogP contribution in [0.5, 0.6) is 0 Å². The molecule has 0 aliphatic heterocycles. The third-order valence-corrected chi connectivity index (χ3v) is 3.61. The van der Waals surface area contributed by atoms with Gasteiger partial charge in [0.1, 0.15) is 0 Å². The van der Waals surface area contributed by atoms with Crippen LogP contribution in [0.15, 0.2) is 17.5 Å². The first kappa shape index (κ1) is 13.2. The van der Waals surface area contributed by atoms with Crippen LogP contribution in [0.25, 0.3) is 0 Å². The van der Waals surface area contributed by atoms with Gasteiger partial charge in [-0.1, -0.05) is 13.0 Å². The van der Waals surface area contributed by atoms with E-state index in [1.807, 2.05) is 18.4 Å². The second-order valence-corrected chi connectivity index (χ2v) is 4.97. The molecular weight excluding hydrogens is 220 g/mol. The lowest BCUT2D eigenvalue weighted by Crippen LogP contribution is -2.39. The second-order valence-electron chi connectivity index (χ2n) is 3.99. The number of nitrogens with one attached hydrogen (secondary N) is 2. The molecule has 1 unspecified atom stereocenters. The van der Waals surface area contributed by atoms with Gasteiger partial charge in [0, 0.05) is 17.0 Å². The molecule has 1 aromatic heterocycles. The summed E-state index contributed by atoms with van der Waals surface area (Å²) in [6, 6.07) is 4.60. The van der Waals surface area contributed by atoms with E-state index in [2.05, 4.69) is 30.5 Å². The van der Waals surface area contributed by atoms with Crippen molar-refractivity contribution in [1.29, 1.82) is 0 Å². The summed E-state index contributed by atoms with van der Waals surface area (Å²) in [5.74, 6) is 0.0674. The largest absolute Gasteiger partial charge is 0.353 e. The third kappa shape index (κ3) is 4.33. The van der Waals surface area contributed by atoms with Gasteiger partial charge < -0.3 is 10.6 Å². The lowest BCUT2D eigenvalue weighted by Gasteiger charge is -2.14. The number of amides is 1. The lowest BCUT2D eigenvalue weighted by atomic mass is 10.2. The maximum atomic E-state index is 11.5. The van der Waals surface area contributed by atoms with E-state index in [-0.39, 0.29) is 18.0 Å². The van der Waals surface area contributed by atoms with Crippen LogP contribution in [0.3, 0.4) is 0 Å². The molecular formula is C12H20N2OS. The average Bonchev–Trinajstić information content (AvgIpc) is 2.79. The molecule has 2 atom stereocenters. The fourth-order valence-electron chi connectivity index (χ4n) is 1.31. The maximum Gasteiger partial charge on any atom is 0.234 e. The van der Waals surface area contributed by atoms with Gasteiger partial charge in [-0.05, 0) is 31.7 Å². The van der Waals surface area contributed by atoms with E-state index < -0.39 is 0 Å². The summed E-state index contributed by atoms with van der Waals surface area (Å²) in [5, 5.41) is 8.19. The Morgan fingerprint density at radius 3 is 2.81 bits per heavy atom. The second kappa shape index (κ2) is 6.66. The zero-order valence-electron chi connectivity index (χ0n) is 10.1. The van der Waals surface area contributed by atoms with Crippen LogP contribution in [0.2, 0.25) is 0 Å². The quantitative estimate of drug-likeness (QED) is 0.801. The molecule has 2 N–H and O–H groups in total. The van der Waals surface area contributed by atoms with Gasteiger partial charge in [-0.3, -0.25) is 4.79 Å². The van der Waals surface area contributed by atoms with Gasteiger partial charge in [0.15, 0.2) is 0 Å². The number of thiophene rings is 1. The van der Waals surface area contributed by atoms with Crippen molar-refractivity contribution < 1.29 is 4.79 Å². The van der Waals surface area contributed by atoms with E-state index in [1.165, 1.54) is 4.88 Å². The minimum absolute atomic E-state index is 0.0674. The molecule has 0 aliphatic carbocycles. The molecule has 0 saturated carbocycles. The fraction of sp³-hybridized carbons (Fsp3) is 0.583. The first-order valence-electron chi connectivity index (χ1n) is 5.69. The molecule has 0 radical (unpaired) electrons. The third-order valence-electron chi connectivity index (χ3n) is 2.56. The summed E-state index contributed by atoms with van der Waals surface area (Å²) in [6.45, 7) is 6.53. The monoisotopic (exact) mass is 240 g/mol. The number of hydrogen-bond acceptors (Lipinski definition) is 3. The highest BCUT2D eigenvalue weighted by Crippen LogP contribution is 2.17. The molecule has 16 heavy (non-hydrogen) atoms. The van der Waals surface area contributed by atoms with E-state index in [9.17, 15) is 4.79 Å². The van der Waals surface area contributed by atoms with Crippen molar-refractivity contribution in [3.8, 4) is 0 Å². The van der Waals surface area contributed by atoms with E-state index in [0.717, 1.165) is 6.42 Å². The van der Waals surface area contributed by atoms with Crippen LogP contribution < -0.4 is 10.6 Å². The minimum atomic E-state index is 0.0674. The zero-order chi connectivity index (χ0) is 12.0. The van der Waals surface area contributed by atoms with Gasteiger partial charge in [0.25, 0.3) is 0 Å². The predicted octanol–water partition coefficient (Wildman–Crippen LogP) is 2.31. The van der Waals surface area contributed by atoms with Crippen LogP contribution in [-0.2, 0) is 4.79 Å². The van der Waals surface area contributed by atoms with Crippen molar-refractivity contribution in [2.75, 3.05) is 6.54 Å².